The molecule has 0 fully saturated rings. The lowest BCUT2D eigenvalue weighted by Crippen LogP contribution is -2.02. The summed E-state index contributed by atoms with van der Waals surface area (Å²) in [5.41, 5.74) is 7.60. The van der Waals surface area contributed by atoms with Gasteiger partial charge in [-0.3, -0.25) is 0 Å². The normalized spacial score (nSPS) is 15.6. The lowest BCUT2D eigenvalue weighted by atomic mass is 9.93. The highest BCUT2D eigenvalue weighted by Gasteiger charge is 2.21. The molecule has 106 valence electrons. The van der Waals surface area contributed by atoms with Crippen molar-refractivity contribution < 1.29 is 4.52 Å². The second-order valence-electron chi connectivity index (χ2n) is 5.67. The van der Waals surface area contributed by atoms with E-state index < -0.39 is 0 Å². The molecule has 0 radical (unpaired) electrons. The summed E-state index contributed by atoms with van der Waals surface area (Å²) in [5, 5.41) is 4.42. The van der Waals surface area contributed by atoms with Crippen molar-refractivity contribution in [3.63, 3.8) is 0 Å². The number of rotatable bonds is 1. The van der Waals surface area contributed by atoms with E-state index >= 15 is 0 Å². The minimum atomic E-state index is 1.03. The maximum atomic E-state index is 5.66. The molecule has 0 spiro atoms. The van der Waals surface area contributed by atoms with Gasteiger partial charge < -0.3 is 4.52 Å². The average Bonchev–Trinajstić information content (AvgIpc) is 2.70. The van der Waals surface area contributed by atoms with Crippen LogP contribution in [0.25, 0.3) is 11.3 Å². The van der Waals surface area contributed by atoms with Gasteiger partial charge in [-0.2, -0.15) is 11.8 Å². The Hall–Kier alpha value is -1.22. The van der Waals surface area contributed by atoms with Crippen LogP contribution in [0.15, 0.2) is 16.7 Å². The SMILES string of the molecule is Cc1cc(C)c(-c2noc3c2CCSCCC3)c(C)c1. The van der Waals surface area contributed by atoms with Crippen molar-refractivity contribution >= 4 is 11.8 Å². The van der Waals surface area contributed by atoms with Crippen molar-refractivity contribution in [2.24, 2.45) is 0 Å². The maximum Gasteiger partial charge on any atom is 0.140 e. The molecule has 0 atom stereocenters. The molecule has 0 saturated heterocycles. The van der Waals surface area contributed by atoms with Gasteiger partial charge in [0.05, 0.1) is 0 Å². The Morgan fingerprint density at radius 2 is 1.80 bits per heavy atom. The first-order chi connectivity index (χ1) is 9.66. The standard InChI is InChI=1S/C17H21NOS/c1-11-9-12(2)16(13(3)10-11)17-14-6-8-20-7-4-5-15(14)19-18-17/h9-10H,4-8H2,1-3H3. The molecule has 0 aliphatic carbocycles. The lowest BCUT2D eigenvalue weighted by Gasteiger charge is -2.12. The van der Waals surface area contributed by atoms with E-state index in [1.54, 1.807) is 0 Å². The number of aromatic nitrogens is 1. The highest BCUT2D eigenvalue weighted by molar-refractivity contribution is 7.99. The monoisotopic (exact) mass is 287 g/mol. The summed E-state index contributed by atoms with van der Waals surface area (Å²) in [6.07, 6.45) is 3.29. The van der Waals surface area contributed by atoms with Crippen LogP contribution in [0.3, 0.4) is 0 Å². The summed E-state index contributed by atoms with van der Waals surface area (Å²) < 4.78 is 5.66. The summed E-state index contributed by atoms with van der Waals surface area (Å²) in [6, 6.07) is 4.47. The molecule has 1 aromatic heterocycles. The molecule has 0 N–H and O–H groups in total. The van der Waals surface area contributed by atoms with Gasteiger partial charge in [-0.15, -0.1) is 0 Å². The molecule has 2 heterocycles. The van der Waals surface area contributed by atoms with Gasteiger partial charge in [-0.1, -0.05) is 22.9 Å². The highest BCUT2D eigenvalue weighted by atomic mass is 32.2. The van der Waals surface area contributed by atoms with Crippen LogP contribution in [0.2, 0.25) is 0 Å². The second-order valence-corrected chi connectivity index (χ2v) is 6.90. The minimum Gasteiger partial charge on any atom is -0.360 e. The van der Waals surface area contributed by atoms with Gasteiger partial charge in [0.25, 0.3) is 0 Å². The van der Waals surface area contributed by atoms with Crippen LogP contribution >= 0.6 is 11.8 Å². The largest absolute Gasteiger partial charge is 0.360 e. The van der Waals surface area contributed by atoms with E-state index in [-0.39, 0.29) is 0 Å². The van der Waals surface area contributed by atoms with Gasteiger partial charge in [0.15, 0.2) is 0 Å². The van der Waals surface area contributed by atoms with E-state index in [0.717, 1.165) is 24.3 Å². The van der Waals surface area contributed by atoms with Crippen molar-refractivity contribution in [3.8, 4) is 11.3 Å². The predicted octanol–water partition coefficient (Wildman–Crippen LogP) is 4.49. The first-order valence-electron chi connectivity index (χ1n) is 7.30. The van der Waals surface area contributed by atoms with E-state index in [0.29, 0.717) is 0 Å². The van der Waals surface area contributed by atoms with Gasteiger partial charge in [-0.05, 0) is 56.2 Å². The fourth-order valence-electron chi connectivity index (χ4n) is 3.16. The number of benzene rings is 1. The summed E-state index contributed by atoms with van der Waals surface area (Å²) in [4.78, 5) is 0. The molecule has 2 aromatic rings. The van der Waals surface area contributed by atoms with E-state index in [1.807, 2.05) is 11.8 Å². The van der Waals surface area contributed by atoms with E-state index in [1.165, 1.54) is 45.7 Å². The van der Waals surface area contributed by atoms with Crippen molar-refractivity contribution in [2.75, 3.05) is 11.5 Å². The van der Waals surface area contributed by atoms with E-state index in [4.69, 9.17) is 4.52 Å². The molecule has 1 aromatic carbocycles. The van der Waals surface area contributed by atoms with Crippen LogP contribution in [0.1, 0.15) is 34.4 Å². The lowest BCUT2D eigenvalue weighted by molar-refractivity contribution is 0.382. The molecule has 0 saturated carbocycles. The first kappa shape index (κ1) is 13.7. The summed E-state index contributed by atoms with van der Waals surface area (Å²) >= 11 is 2.04. The molecular formula is C17H21NOS. The van der Waals surface area contributed by atoms with E-state index in [9.17, 15) is 0 Å². The smallest absolute Gasteiger partial charge is 0.140 e. The van der Waals surface area contributed by atoms with Gasteiger partial charge in [-0.25, -0.2) is 0 Å². The van der Waals surface area contributed by atoms with Gasteiger partial charge in [0.2, 0.25) is 0 Å². The van der Waals surface area contributed by atoms with Crippen LogP contribution < -0.4 is 0 Å². The van der Waals surface area contributed by atoms with Crippen LogP contribution in [-0.2, 0) is 12.8 Å². The van der Waals surface area contributed by atoms with Crippen molar-refractivity contribution in [2.45, 2.75) is 40.0 Å². The van der Waals surface area contributed by atoms with Crippen molar-refractivity contribution in [1.82, 2.24) is 5.16 Å². The first-order valence-corrected chi connectivity index (χ1v) is 8.45. The summed E-state index contributed by atoms with van der Waals surface area (Å²) in [5.74, 6) is 3.52. The Morgan fingerprint density at radius 1 is 1.05 bits per heavy atom. The maximum absolute atomic E-state index is 5.66. The number of thioether (sulfide) groups is 1. The molecule has 3 rings (SSSR count). The third kappa shape index (κ3) is 2.51. The second kappa shape index (κ2) is 5.65. The minimum absolute atomic E-state index is 1.03. The molecule has 1 aliphatic heterocycles. The number of hydrogen-bond acceptors (Lipinski definition) is 3. The average molecular weight is 287 g/mol. The Balaban J connectivity index is 2.11. The van der Waals surface area contributed by atoms with Crippen LogP contribution in [-0.4, -0.2) is 16.7 Å². The molecule has 0 amide bonds. The predicted molar refractivity (Wildman–Crippen MR) is 85.5 cm³/mol. The highest BCUT2D eigenvalue weighted by Crippen LogP contribution is 2.34. The fourth-order valence-corrected chi connectivity index (χ4v) is 4.06. The molecule has 3 heteroatoms. The van der Waals surface area contributed by atoms with Gasteiger partial charge in [0, 0.05) is 17.5 Å². The van der Waals surface area contributed by atoms with Crippen LogP contribution in [0.5, 0.6) is 0 Å². The quantitative estimate of drug-likeness (QED) is 0.773. The van der Waals surface area contributed by atoms with Crippen LogP contribution in [0.4, 0.5) is 0 Å². The Labute approximate surface area is 124 Å². The van der Waals surface area contributed by atoms with Crippen LogP contribution in [0, 0.1) is 20.8 Å². The molecule has 0 bridgehead atoms. The van der Waals surface area contributed by atoms with Crippen molar-refractivity contribution in [1.29, 1.82) is 0 Å². The van der Waals surface area contributed by atoms with Gasteiger partial charge >= 0.3 is 0 Å². The number of nitrogens with zero attached hydrogens (tertiary/aromatic N) is 1. The molecule has 2 nitrogen and oxygen atoms in total. The third-order valence-electron chi connectivity index (χ3n) is 3.97. The zero-order valence-electron chi connectivity index (χ0n) is 12.5. The molecular weight excluding hydrogens is 266 g/mol. The van der Waals surface area contributed by atoms with Gasteiger partial charge in [0.1, 0.15) is 11.5 Å². The topological polar surface area (TPSA) is 26.0 Å². The zero-order valence-corrected chi connectivity index (χ0v) is 13.3. The summed E-state index contributed by atoms with van der Waals surface area (Å²) in [6.45, 7) is 6.50. The molecule has 0 unspecified atom stereocenters. The van der Waals surface area contributed by atoms with E-state index in [2.05, 4.69) is 38.1 Å². The zero-order chi connectivity index (χ0) is 14.1. The fraction of sp³-hybridized carbons (Fsp3) is 0.471. The molecule has 1 aliphatic rings. The number of fused-ring (bicyclic) bond motifs is 1. The summed E-state index contributed by atoms with van der Waals surface area (Å²) in [7, 11) is 0. The Bertz CT molecular complexity index is 607. The Morgan fingerprint density at radius 3 is 2.55 bits per heavy atom. The Kier molecular flexibility index (Phi) is 3.88. The molecule has 20 heavy (non-hydrogen) atoms. The number of hydrogen-bond donors (Lipinski definition) is 0. The van der Waals surface area contributed by atoms with Crippen molar-refractivity contribution in [3.05, 3.63) is 40.1 Å². The third-order valence-corrected chi connectivity index (χ3v) is 5.04. The number of aryl methyl sites for hydroxylation is 4.